The SMILES string of the molecule is COC(=O)CCC(c1nc2ccc(C#N)cc2[nH]1)c1c(OC)cc(C)c2c1ccn2C. The van der Waals surface area contributed by atoms with Gasteiger partial charge in [-0.2, -0.15) is 5.26 Å². The molecule has 2 aromatic carbocycles. The number of nitrogens with zero attached hydrogens (tertiary/aromatic N) is 3. The molecule has 4 aromatic rings. The van der Waals surface area contributed by atoms with E-state index in [9.17, 15) is 10.1 Å². The number of rotatable bonds is 6. The maximum atomic E-state index is 12.0. The Bertz CT molecular complexity index is 1330. The molecule has 0 bridgehead atoms. The standard InChI is InChI=1S/C24H24N4O3/c1-14-11-20(30-3)22(16-9-10-28(2)23(14)16)17(6-8-21(29)31-4)24-26-18-7-5-15(13-25)12-19(18)27-24/h5,7,9-12,17H,6,8H2,1-4H3,(H,26,27). The first-order valence-electron chi connectivity index (χ1n) is 10.1. The topological polar surface area (TPSA) is 92.9 Å². The van der Waals surface area contributed by atoms with Crippen LogP contribution in [0.5, 0.6) is 5.75 Å². The van der Waals surface area contributed by atoms with Crippen molar-refractivity contribution in [3.63, 3.8) is 0 Å². The molecule has 0 saturated heterocycles. The van der Waals surface area contributed by atoms with Gasteiger partial charge in [0, 0.05) is 36.5 Å². The molecule has 7 heteroatoms. The second-order valence-corrected chi connectivity index (χ2v) is 7.63. The predicted molar refractivity (Wildman–Crippen MR) is 118 cm³/mol. The van der Waals surface area contributed by atoms with E-state index in [0.29, 0.717) is 12.0 Å². The van der Waals surface area contributed by atoms with Crippen LogP contribution in [0.3, 0.4) is 0 Å². The lowest BCUT2D eigenvalue weighted by Crippen LogP contribution is -2.10. The van der Waals surface area contributed by atoms with Gasteiger partial charge in [-0.1, -0.05) is 0 Å². The summed E-state index contributed by atoms with van der Waals surface area (Å²) in [6.07, 6.45) is 2.77. The van der Waals surface area contributed by atoms with Gasteiger partial charge in [0.05, 0.1) is 42.4 Å². The summed E-state index contributed by atoms with van der Waals surface area (Å²) in [4.78, 5) is 20.2. The number of H-pyrrole nitrogens is 1. The van der Waals surface area contributed by atoms with Gasteiger partial charge in [0.15, 0.2) is 0 Å². The van der Waals surface area contributed by atoms with Crippen molar-refractivity contribution in [1.29, 1.82) is 5.26 Å². The third-order valence-corrected chi connectivity index (χ3v) is 5.74. The first-order chi connectivity index (χ1) is 15.0. The molecular weight excluding hydrogens is 392 g/mol. The zero-order valence-electron chi connectivity index (χ0n) is 18.0. The Labute approximate surface area is 180 Å². The van der Waals surface area contributed by atoms with Gasteiger partial charge in [-0.3, -0.25) is 4.79 Å². The summed E-state index contributed by atoms with van der Waals surface area (Å²) in [6, 6.07) is 11.6. The van der Waals surface area contributed by atoms with Gasteiger partial charge in [-0.05, 0) is 49.2 Å². The van der Waals surface area contributed by atoms with Gasteiger partial charge >= 0.3 is 5.97 Å². The number of benzene rings is 2. The monoisotopic (exact) mass is 416 g/mol. The molecule has 0 spiro atoms. The fraction of sp³-hybridized carbons (Fsp3) is 0.292. The molecule has 4 rings (SSSR count). The van der Waals surface area contributed by atoms with E-state index in [1.54, 1.807) is 19.2 Å². The van der Waals surface area contributed by atoms with Gasteiger partial charge in [-0.15, -0.1) is 0 Å². The first kappa shape index (κ1) is 20.5. The number of esters is 1. The summed E-state index contributed by atoms with van der Waals surface area (Å²) in [7, 11) is 5.06. The number of nitriles is 1. The molecule has 2 heterocycles. The molecule has 0 aliphatic rings. The minimum absolute atomic E-state index is 0.225. The minimum Gasteiger partial charge on any atom is -0.496 e. The largest absolute Gasteiger partial charge is 0.496 e. The summed E-state index contributed by atoms with van der Waals surface area (Å²) >= 11 is 0. The van der Waals surface area contributed by atoms with E-state index in [-0.39, 0.29) is 18.3 Å². The minimum atomic E-state index is -0.275. The summed E-state index contributed by atoms with van der Waals surface area (Å²) in [5.41, 5.74) is 5.32. The summed E-state index contributed by atoms with van der Waals surface area (Å²) in [5.74, 6) is 0.978. The molecule has 7 nitrogen and oxygen atoms in total. The van der Waals surface area contributed by atoms with Gasteiger partial charge in [0.1, 0.15) is 11.6 Å². The molecule has 1 atom stereocenters. The molecule has 1 N–H and O–H groups in total. The van der Waals surface area contributed by atoms with E-state index in [0.717, 1.165) is 44.6 Å². The number of carbonyl (C=O) groups is 1. The highest BCUT2D eigenvalue weighted by Gasteiger charge is 2.27. The molecule has 31 heavy (non-hydrogen) atoms. The lowest BCUT2D eigenvalue weighted by atomic mass is 9.89. The predicted octanol–water partition coefficient (Wildman–Crippen LogP) is 4.33. The van der Waals surface area contributed by atoms with Gasteiger partial charge in [0.2, 0.25) is 0 Å². The highest BCUT2D eigenvalue weighted by molar-refractivity contribution is 5.90. The van der Waals surface area contributed by atoms with Crippen molar-refractivity contribution in [2.75, 3.05) is 14.2 Å². The zero-order valence-corrected chi connectivity index (χ0v) is 18.0. The average molecular weight is 416 g/mol. The van der Waals surface area contributed by atoms with Crippen molar-refractivity contribution in [2.45, 2.75) is 25.7 Å². The molecular formula is C24H24N4O3. The van der Waals surface area contributed by atoms with Crippen LogP contribution in [-0.2, 0) is 16.6 Å². The van der Waals surface area contributed by atoms with E-state index in [2.05, 4.69) is 28.6 Å². The number of ether oxygens (including phenoxy) is 2. The van der Waals surface area contributed by atoms with Crippen molar-refractivity contribution in [3.8, 4) is 11.8 Å². The quantitative estimate of drug-likeness (QED) is 0.472. The van der Waals surface area contributed by atoms with Crippen molar-refractivity contribution in [2.24, 2.45) is 7.05 Å². The second kappa shape index (κ2) is 8.15. The number of methoxy groups -OCH3 is 2. The number of carbonyl (C=O) groups excluding carboxylic acids is 1. The molecule has 0 amide bonds. The Morgan fingerprint density at radius 1 is 1.29 bits per heavy atom. The molecule has 1 unspecified atom stereocenters. The summed E-state index contributed by atoms with van der Waals surface area (Å²) < 4.78 is 12.8. The Morgan fingerprint density at radius 2 is 2.10 bits per heavy atom. The molecule has 0 aliphatic heterocycles. The van der Waals surface area contributed by atoms with Crippen LogP contribution in [0.1, 0.15) is 41.3 Å². The van der Waals surface area contributed by atoms with Gasteiger partial charge in [0.25, 0.3) is 0 Å². The number of nitrogens with one attached hydrogen (secondary N) is 1. The van der Waals surface area contributed by atoms with E-state index < -0.39 is 0 Å². The lowest BCUT2D eigenvalue weighted by molar-refractivity contribution is -0.140. The Hall–Kier alpha value is -3.79. The fourth-order valence-electron chi connectivity index (χ4n) is 4.29. The molecule has 2 aromatic heterocycles. The highest BCUT2D eigenvalue weighted by Crippen LogP contribution is 2.41. The maximum absolute atomic E-state index is 12.0. The van der Waals surface area contributed by atoms with Crippen molar-refractivity contribution < 1.29 is 14.3 Å². The van der Waals surface area contributed by atoms with Crippen molar-refractivity contribution in [3.05, 3.63) is 59.0 Å². The van der Waals surface area contributed by atoms with Gasteiger partial charge in [-0.25, -0.2) is 4.98 Å². The van der Waals surface area contributed by atoms with Crippen molar-refractivity contribution >= 4 is 27.9 Å². The Morgan fingerprint density at radius 3 is 2.81 bits per heavy atom. The van der Waals surface area contributed by atoms with Crippen LogP contribution in [-0.4, -0.2) is 34.7 Å². The van der Waals surface area contributed by atoms with Crippen LogP contribution in [0.4, 0.5) is 0 Å². The first-order valence-corrected chi connectivity index (χ1v) is 10.1. The lowest BCUT2D eigenvalue weighted by Gasteiger charge is -2.20. The van der Waals surface area contributed by atoms with Crippen LogP contribution in [0, 0.1) is 18.3 Å². The second-order valence-electron chi connectivity index (χ2n) is 7.63. The number of hydrogen-bond acceptors (Lipinski definition) is 5. The fourth-order valence-corrected chi connectivity index (χ4v) is 4.29. The van der Waals surface area contributed by atoms with E-state index in [4.69, 9.17) is 14.5 Å². The Balaban J connectivity index is 1.93. The van der Waals surface area contributed by atoms with Crippen LogP contribution in [0.25, 0.3) is 21.9 Å². The molecule has 0 saturated carbocycles. The number of fused-ring (bicyclic) bond motifs is 2. The molecule has 0 radical (unpaired) electrons. The number of hydrogen-bond donors (Lipinski definition) is 1. The molecule has 0 fully saturated rings. The normalized spacial score (nSPS) is 12.1. The Kier molecular flexibility index (Phi) is 5.38. The van der Waals surface area contributed by atoms with Crippen molar-refractivity contribution in [1.82, 2.24) is 14.5 Å². The van der Waals surface area contributed by atoms with Crippen LogP contribution >= 0.6 is 0 Å². The molecule has 0 aliphatic carbocycles. The van der Waals surface area contributed by atoms with E-state index in [1.165, 1.54) is 7.11 Å². The highest BCUT2D eigenvalue weighted by atomic mass is 16.5. The third-order valence-electron chi connectivity index (χ3n) is 5.74. The zero-order chi connectivity index (χ0) is 22.1. The van der Waals surface area contributed by atoms with E-state index >= 15 is 0 Å². The van der Waals surface area contributed by atoms with Crippen LogP contribution in [0.15, 0.2) is 36.5 Å². The number of aromatic amines is 1. The molecule has 158 valence electrons. The third kappa shape index (κ3) is 3.61. The maximum Gasteiger partial charge on any atom is 0.305 e. The van der Waals surface area contributed by atoms with E-state index in [1.807, 2.05) is 25.4 Å². The number of imidazole rings is 1. The number of aromatic nitrogens is 3. The summed E-state index contributed by atoms with van der Waals surface area (Å²) in [5, 5.41) is 10.3. The van der Waals surface area contributed by atoms with Crippen LogP contribution < -0.4 is 4.74 Å². The average Bonchev–Trinajstić information content (AvgIpc) is 3.37. The smallest absolute Gasteiger partial charge is 0.305 e. The van der Waals surface area contributed by atoms with Gasteiger partial charge < -0.3 is 19.0 Å². The van der Waals surface area contributed by atoms with Crippen LogP contribution in [0.2, 0.25) is 0 Å². The summed E-state index contributed by atoms with van der Waals surface area (Å²) in [6.45, 7) is 2.06. The number of aryl methyl sites for hydroxylation is 2.